The zero-order chi connectivity index (χ0) is 27.1. The predicted molar refractivity (Wildman–Crippen MR) is 141 cm³/mol. The highest BCUT2D eigenvalue weighted by Crippen LogP contribution is 2.27. The largest absolute Gasteiger partial charge is 0.444 e. The van der Waals surface area contributed by atoms with Crippen LogP contribution in [0.5, 0.6) is 0 Å². The van der Waals surface area contributed by atoms with Gasteiger partial charge in [0, 0.05) is 12.1 Å². The van der Waals surface area contributed by atoms with Crippen molar-refractivity contribution in [2.24, 2.45) is 5.92 Å². The first kappa shape index (κ1) is 30.5. The average molecular weight is 490 g/mol. The quantitative estimate of drug-likeness (QED) is 0.484. The van der Waals surface area contributed by atoms with Crippen molar-refractivity contribution in [3.8, 4) is 0 Å². The fourth-order valence-corrected chi connectivity index (χ4v) is 3.98. The van der Waals surface area contributed by atoms with Gasteiger partial charge in [0.1, 0.15) is 17.7 Å². The Hall–Kier alpha value is -2.57. The monoisotopic (exact) mass is 489 g/mol. The van der Waals surface area contributed by atoms with E-state index >= 15 is 0 Å². The molecule has 7 nitrogen and oxygen atoms in total. The number of hydrogen-bond donors (Lipinski definition) is 2. The molecule has 0 aliphatic heterocycles. The van der Waals surface area contributed by atoms with Crippen molar-refractivity contribution in [2.45, 2.75) is 112 Å². The van der Waals surface area contributed by atoms with E-state index in [2.05, 4.69) is 10.6 Å². The number of aryl methyl sites for hydroxylation is 2. The number of rotatable bonds is 9. The molecule has 0 aliphatic rings. The van der Waals surface area contributed by atoms with Gasteiger partial charge in [0.25, 0.3) is 0 Å². The molecular weight excluding hydrogens is 442 g/mol. The van der Waals surface area contributed by atoms with Crippen LogP contribution in [0.4, 0.5) is 4.79 Å². The maximum Gasteiger partial charge on any atom is 0.408 e. The van der Waals surface area contributed by atoms with Gasteiger partial charge in [-0.1, -0.05) is 56.5 Å². The summed E-state index contributed by atoms with van der Waals surface area (Å²) in [4.78, 5) is 42.0. The molecule has 3 atom stereocenters. The summed E-state index contributed by atoms with van der Waals surface area (Å²) in [7, 11) is 0. The highest BCUT2D eigenvalue weighted by Gasteiger charge is 2.38. The van der Waals surface area contributed by atoms with Crippen LogP contribution in [-0.2, 0) is 14.3 Å². The minimum absolute atomic E-state index is 0.153. The summed E-state index contributed by atoms with van der Waals surface area (Å²) < 4.78 is 5.44. The Morgan fingerprint density at radius 3 is 1.94 bits per heavy atom. The summed E-state index contributed by atoms with van der Waals surface area (Å²) >= 11 is 0. The number of ether oxygens (including phenoxy) is 1. The SMILES string of the molecule is CCCN(C(=O)C(NC(=O)OC(C)(C)C)C(C)CC)C(C(=O)NC(C)(C)C)c1cc(C)cc(C)c1. The van der Waals surface area contributed by atoms with E-state index in [1.54, 1.807) is 25.7 Å². The number of carbonyl (C=O) groups excluding carboxylic acids is 3. The lowest BCUT2D eigenvalue weighted by Gasteiger charge is -2.37. The first-order valence-corrected chi connectivity index (χ1v) is 12.7. The van der Waals surface area contributed by atoms with Gasteiger partial charge in [-0.25, -0.2) is 4.79 Å². The van der Waals surface area contributed by atoms with Crippen LogP contribution in [0.1, 0.15) is 97.9 Å². The zero-order valence-corrected chi connectivity index (χ0v) is 23.7. The van der Waals surface area contributed by atoms with Gasteiger partial charge in [0.2, 0.25) is 11.8 Å². The van der Waals surface area contributed by atoms with Gasteiger partial charge in [0.15, 0.2) is 0 Å². The maximum atomic E-state index is 14.1. The topological polar surface area (TPSA) is 87.7 Å². The third-order valence-corrected chi connectivity index (χ3v) is 5.52. The molecular formula is C28H47N3O4. The molecule has 0 spiro atoms. The van der Waals surface area contributed by atoms with Crippen LogP contribution in [-0.4, -0.2) is 46.5 Å². The van der Waals surface area contributed by atoms with Crippen molar-refractivity contribution in [2.75, 3.05) is 6.54 Å². The predicted octanol–water partition coefficient (Wildman–Crippen LogP) is 5.44. The maximum absolute atomic E-state index is 14.1. The van der Waals surface area contributed by atoms with E-state index in [1.165, 1.54) is 0 Å². The van der Waals surface area contributed by atoms with Crippen molar-refractivity contribution < 1.29 is 19.1 Å². The van der Waals surface area contributed by atoms with Crippen molar-refractivity contribution in [1.29, 1.82) is 0 Å². The molecule has 0 bridgehead atoms. The fourth-order valence-electron chi connectivity index (χ4n) is 3.98. The summed E-state index contributed by atoms with van der Waals surface area (Å²) in [6.45, 7) is 21.3. The van der Waals surface area contributed by atoms with Crippen molar-refractivity contribution in [3.63, 3.8) is 0 Å². The lowest BCUT2D eigenvalue weighted by Crippen LogP contribution is -2.56. The summed E-state index contributed by atoms with van der Waals surface area (Å²) in [5, 5.41) is 5.85. The minimum atomic E-state index is -0.827. The molecule has 0 saturated heterocycles. The van der Waals surface area contributed by atoms with Gasteiger partial charge >= 0.3 is 6.09 Å². The Kier molecular flexibility index (Phi) is 10.8. The first-order valence-electron chi connectivity index (χ1n) is 12.7. The van der Waals surface area contributed by atoms with Crippen LogP contribution in [0.15, 0.2) is 18.2 Å². The Bertz CT molecular complexity index is 863. The molecule has 1 aromatic rings. The van der Waals surface area contributed by atoms with Gasteiger partial charge < -0.3 is 20.3 Å². The second kappa shape index (κ2) is 12.4. The Morgan fingerprint density at radius 2 is 1.51 bits per heavy atom. The number of carbonyl (C=O) groups is 3. The van der Waals surface area contributed by atoms with E-state index in [-0.39, 0.29) is 17.7 Å². The standard InChI is InChI=1S/C28H47N3O4/c1-12-14-31(25(33)22(20(5)13-2)29-26(34)35-28(9,10)11)23(24(32)30-27(6,7)8)21-16-18(3)15-19(4)17-21/h15-17,20,22-23H,12-14H2,1-11H3,(H,29,34)(H,30,32). The molecule has 198 valence electrons. The van der Waals surface area contributed by atoms with E-state index < -0.39 is 29.3 Å². The normalized spacial score (nSPS) is 14.5. The number of alkyl carbamates (subject to hydrolysis) is 1. The zero-order valence-electron chi connectivity index (χ0n) is 23.7. The van der Waals surface area contributed by atoms with Crippen LogP contribution in [0, 0.1) is 19.8 Å². The van der Waals surface area contributed by atoms with Crippen molar-refractivity contribution >= 4 is 17.9 Å². The van der Waals surface area contributed by atoms with Gasteiger partial charge in [-0.15, -0.1) is 0 Å². The van der Waals surface area contributed by atoms with Crippen LogP contribution >= 0.6 is 0 Å². The highest BCUT2D eigenvalue weighted by molar-refractivity contribution is 5.92. The molecule has 35 heavy (non-hydrogen) atoms. The molecule has 0 fully saturated rings. The van der Waals surface area contributed by atoms with E-state index in [0.29, 0.717) is 19.4 Å². The van der Waals surface area contributed by atoms with E-state index in [9.17, 15) is 14.4 Å². The lowest BCUT2D eigenvalue weighted by molar-refractivity contribution is -0.144. The third kappa shape index (κ3) is 9.90. The van der Waals surface area contributed by atoms with E-state index in [4.69, 9.17) is 4.74 Å². The van der Waals surface area contributed by atoms with Crippen LogP contribution in [0.2, 0.25) is 0 Å². The van der Waals surface area contributed by atoms with Gasteiger partial charge in [-0.05, 0) is 73.3 Å². The molecule has 7 heteroatoms. The fraction of sp³-hybridized carbons (Fsp3) is 0.679. The number of hydrogen-bond acceptors (Lipinski definition) is 4. The van der Waals surface area contributed by atoms with E-state index in [1.807, 2.05) is 73.6 Å². The Balaban J connectivity index is 3.56. The summed E-state index contributed by atoms with van der Waals surface area (Å²) in [6, 6.07) is 4.30. The number of benzene rings is 1. The summed E-state index contributed by atoms with van der Waals surface area (Å²) in [6.07, 6.45) is 0.694. The molecule has 3 unspecified atom stereocenters. The molecule has 2 N–H and O–H groups in total. The number of nitrogens with one attached hydrogen (secondary N) is 2. The molecule has 0 aromatic heterocycles. The summed E-state index contributed by atoms with van der Waals surface area (Å²) in [5.74, 6) is -0.690. The first-order chi connectivity index (χ1) is 16.0. The number of amides is 3. The number of nitrogens with zero attached hydrogens (tertiary/aromatic N) is 1. The molecule has 0 radical (unpaired) electrons. The third-order valence-electron chi connectivity index (χ3n) is 5.52. The van der Waals surface area contributed by atoms with Crippen molar-refractivity contribution in [3.05, 3.63) is 34.9 Å². The van der Waals surface area contributed by atoms with Crippen LogP contribution < -0.4 is 10.6 Å². The Morgan fingerprint density at radius 1 is 0.971 bits per heavy atom. The van der Waals surface area contributed by atoms with Gasteiger partial charge in [0.05, 0.1) is 0 Å². The lowest BCUT2D eigenvalue weighted by atomic mass is 9.94. The second-order valence-electron chi connectivity index (χ2n) is 11.6. The average Bonchev–Trinajstić information content (AvgIpc) is 2.67. The summed E-state index contributed by atoms with van der Waals surface area (Å²) in [5.41, 5.74) is 1.63. The van der Waals surface area contributed by atoms with E-state index in [0.717, 1.165) is 16.7 Å². The molecule has 0 aliphatic carbocycles. The molecule has 0 heterocycles. The smallest absolute Gasteiger partial charge is 0.408 e. The van der Waals surface area contributed by atoms with Crippen LogP contribution in [0.25, 0.3) is 0 Å². The van der Waals surface area contributed by atoms with Crippen LogP contribution in [0.3, 0.4) is 0 Å². The minimum Gasteiger partial charge on any atom is -0.444 e. The molecule has 1 rings (SSSR count). The van der Waals surface area contributed by atoms with Gasteiger partial charge in [-0.2, -0.15) is 0 Å². The van der Waals surface area contributed by atoms with Crippen molar-refractivity contribution in [1.82, 2.24) is 15.5 Å². The molecule has 1 aromatic carbocycles. The molecule has 0 saturated carbocycles. The second-order valence-corrected chi connectivity index (χ2v) is 11.6. The molecule has 3 amide bonds. The Labute approximate surface area is 212 Å². The van der Waals surface area contributed by atoms with Gasteiger partial charge in [-0.3, -0.25) is 9.59 Å². The highest BCUT2D eigenvalue weighted by atomic mass is 16.6.